The molecule has 2 aliphatic heterocycles. The van der Waals surface area contributed by atoms with E-state index in [1.165, 1.54) is 32.4 Å². The summed E-state index contributed by atoms with van der Waals surface area (Å²) >= 11 is 12.7. The Kier molecular flexibility index (Phi) is 12.1. The number of ketones is 2. The van der Waals surface area contributed by atoms with Crippen LogP contribution >= 0.6 is 23.2 Å². The van der Waals surface area contributed by atoms with E-state index in [1.807, 2.05) is 37.3 Å². The summed E-state index contributed by atoms with van der Waals surface area (Å²) in [5.74, 6) is 0.282. The lowest BCUT2D eigenvalue weighted by Gasteiger charge is -2.33. The highest BCUT2D eigenvalue weighted by Gasteiger charge is 2.63. The molecule has 0 amide bonds. The van der Waals surface area contributed by atoms with Crippen molar-refractivity contribution in [3.05, 3.63) is 181 Å². The second-order valence-corrected chi connectivity index (χ2v) is 14.4. The number of halogens is 2. The molecule has 0 aromatic heterocycles. The fraction of sp³-hybridized carbons (Fsp3) is 0.209. The van der Waals surface area contributed by atoms with Gasteiger partial charge < -0.3 is 23.7 Å². The maximum Gasteiger partial charge on any atom is 0.397 e. The monoisotopic (exact) mass is 826 g/mol. The predicted molar refractivity (Wildman–Crippen MR) is 215 cm³/mol. The summed E-state index contributed by atoms with van der Waals surface area (Å²) in [5, 5.41) is 23.7. The summed E-state index contributed by atoms with van der Waals surface area (Å²) < 4.78 is 28.2. The number of carbonyl (C=O) groups excluding carboxylic acids is 2. The van der Waals surface area contributed by atoms with E-state index in [2.05, 4.69) is 6.58 Å². The molecular weight excluding hydrogens is 791 g/mol. The van der Waals surface area contributed by atoms with Crippen molar-refractivity contribution in [2.75, 3.05) is 14.2 Å². The number of fused-ring (bicyclic) bond motifs is 2. The highest BCUT2D eigenvalue weighted by Crippen LogP contribution is 2.49. The number of nitro groups is 2. The standard InChI is InChI=1S/C26H22ClNO5.C17H14ClNO6/c1-3-8-19-11-7-12-21-23(19)33-25(26(27,24(21)29)28(30)31)20-13-14-22(17(2)15-20)32-16-18-9-5-4-6-10-18;1-23-10-7-8-12(14(9-10)24-2)16-17(18,19(21)22)15(20)11-5-3-4-6-13(11)25-16/h3-7,9-15,25H,1,8,16H2,2H3;3-9,16H,1-2H3. The fourth-order valence-electron chi connectivity index (χ4n) is 6.68. The van der Waals surface area contributed by atoms with Gasteiger partial charge in [-0.25, -0.2) is 0 Å². The van der Waals surface area contributed by atoms with Gasteiger partial charge in [-0.15, -0.1) is 6.58 Å². The summed E-state index contributed by atoms with van der Waals surface area (Å²) in [7, 11) is 2.88. The molecule has 0 N–H and O–H groups in total. The zero-order valence-electron chi connectivity index (χ0n) is 31.4. The number of allylic oxidation sites excluding steroid dienone is 1. The average molecular weight is 828 g/mol. The van der Waals surface area contributed by atoms with E-state index in [1.54, 1.807) is 66.7 Å². The Morgan fingerprint density at radius 1 is 0.759 bits per heavy atom. The fourth-order valence-corrected chi connectivity index (χ4v) is 7.21. The molecule has 0 bridgehead atoms. The van der Waals surface area contributed by atoms with Crippen LogP contribution in [0.4, 0.5) is 0 Å². The van der Waals surface area contributed by atoms with Crippen molar-refractivity contribution in [2.45, 2.75) is 42.2 Å². The van der Waals surface area contributed by atoms with Crippen LogP contribution in [-0.2, 0) is 13.0 Å². The molecule has 2 aliphatic rings. The predicted octanol–water partition coefficient (Wildman–Crippen LogP) is 9.06. The van der Waals surface area contributed by atoms with E-state index in [0.29, 0.717) is 41.4 Å². The van der Waals surface area contributed by atoms with Gasteiger partial charge in [0.1, 0.15) is 35.4 Å². The second kappa shape index (κ2) is 17.0. The van der Waals surface area contributed by atoms with E-state index in [9.17, 15) is 29.8 Å². The first-order chi connectivity index (χ1) is 27.8. The van der Waals surface area contributed by atoms with Gasteiger partial charge in [0.05, 0.1) is 35.2 Å². The van der Waals surface area contributed by atoms with Crippen LogP contribution in [0, 0.1) is 27.2 Å². The van der Waals surface area contributed by atoms with E-state index < -0.39 is 43.6 Å². The average Bonchev–Trinajstić information content (AvgIpc) is 3.23. The lowest BCUT2D eigenvalue weighted by atomic mass is 9.89. The molecule has 4 atom stereocenters. The molecule has 15 heteroatoms. The largest absolute Gasteiger partial charge is 0.497 e. The molecule has 5 aromatic rings. The highest BCUT2D eigenvalue weighted by molar-refractivity contribution is 6.38. The number of hydrogen-bond donors (Lipinski definition) is 0. The van der Waals surface area contributed by atoms with Gasteiger partial charge in [-0.2, -0.15) is 0 Å². The van der Waals surface area contributed by atoms with E-state index in [4.69, 9.17) is 46.9 Å². The van der Waals surface area contributed by atoms with Crippen LogP contribution < -0.4 is 23.7 Å². The van der Waals surface area contributed by atoms with Crippen molar-refractivity contribution >= 4 is 34.8 Å². The van der Waals surface area contributed by atoms with Gasteiger partial charge in [0.25, 0.3) is 11.6 Å². The minimum atomic E-state index is -2.50. The Labute approximate surface area is 343 Å². The summed E-state index contributed by atoms with van der Waals surface area (Å²) in [6.45, 7) is 5.94. The first-order valence-electron chi connectivity index (χ1n) is 17.7. The number of carbonyl (C=O) groups is 2. The molecule has 0 saturated heterocycles. The van der Waals surface area contributed by atoms with Crippen molar-refractivity contribution < 1.29 is 43.1 Å². The number of ether oxygens (including phenoxy) is 5. The van der Waals surface area contributed by atoms with Gasteiger partial charge in [0.15, 0.2) is 0 Å². The number of para-hydroxylation sites is 2. The molecule has 0 aliphatic carbocycles. The van der Waals surface area contributed by atoms with E-state index >= 15 is 0 Å². The number of benzene rings is 5. The third-order valence-electron chi connectivity index (χ3n) is 9.64. The quantitative estimate of drug-likeness (QED) is 0.0410. The van der Waals surface area contributed by atoms with Gasteiger partial charge in [-0.05, 0) is 95.7 Å². The molecule has 58 heavy (non-hydrogen) atoms. The smallest absolute Gasteiger partial charge is 0.397 e. The first kappa shape index (κ1) is 41.2. The van der Waals surface area contributed by atoms with Crippen LogP contribution in [0.1, 0.15) is 60.7 Å². The van der Waals surface area contributed by atoms with Gasteiger partial charge in [0, 0.05) is 17.2 Å². The number of alkyl halides is 2. The summed E-state index contributed by atoms with van der Waals surface area (Å²) in [5.41, 5.74) is 3.32. The van der Waals surface area contributed by atoms with Crippen LogP contribution in [0.3, 0.4) is 0 Å². The molecule has 5 aromatic carbocycles. The summed E-state index contributed by atoms with van der Waals surface area (Å²) in [4.78, 5) is 43.1. The minimum Gasteiger partial charge on any atom is -0.497 e. The van der Waals surface area contributed by atoms with Crippen LogP contribution in [0.2, 0.25) is 0 Å². The highest BCUT2D eigenvalue weighted by atomic mass is 35.5. The van der Waals surface area contributed by atoms with Crippen LogP contribution in [0.15, 0.2) is 122 Å². The Hall–Kier alpha value is -6.44. The Morgan fingerprint density at radius 3 is 2.07 bits per heavy atom. The van der Waals surface area contributed by atoms with Gasteiger partial charge in [0.2, 0.25) is 12.2 Å². The maximum atomic E-state index is 13.2. The summed E-state index contributed by atoms with van der Waals surface area (Å²) in [6, 6.07) is 30.7. The zero-order valence-corrected chi connectivity index (χ0v) is 32.9. The van der Waals surface area contributed by atoms with Gasteiger partial charge >= 0.3 is 10.00 Å². The molecule has 0 saturated carbocycles. The molecule has 298 valence electrons. The maximum absolute atomic E-state index is 13.2. The number of Topliss-reactive ketones (excluding diaryl/α,β-unsaturated/α-hetero) is 2. The van der Waals surface area contributed by atoms with Crippen LogP contribution in [0.5, 0.6) is 28.7 Å². The Balaban J connectivity index is 0.000000203. The van der Waals surface area contributed by atoms with Crippen molar-refractivity contribution in [2.24, 2.45) is 0 Å². The normalized spacial score (nSPS) is 20.4. The lowest BCUT2D eigenvalue weighted by molar-refractivity contribution is -0.536. The molecular formula is C43H36Cl2N2O11. The molecule has 2 heterocycles. The third-order valence-corrected chi connectivity index (χ3v) is 10.7. The molecule has 0 fully saturated rings. The summed E-state index contributed by atoms with van der Waals surface area (Å²) in [6.07, 6.45) is -0.561. The Morgan fingerprint density at radius 2 is 1.41 bits per heavy atom. The van der Waals surface area contributed by atoms with Crippen LogP contribution in [-0.4, -0.2) is 45.6 Å². The molecule has 4 unspecified atom stereocenters. The third kappa shape index (κ3) is 7.53. The van der Waals surface area contributed by atoms with Crippen molar-refractivity contribution in [3.63, 3.8) is 0 Å². The molecule has 7 rings (SSSR count). The van der Waals surface area contributed by atoms with E-state index in [-0.39, 0.29) is 28.2 Å². The SMILES string of the molecule is C=CCc1cccc2c1OC(c1ccc(OCc3ccccc3)c(C)c1)C(Cl)([N+](=O)[O-])C2=O.COc1ccc(C2Oc3ccccc3C(=O)C2(Cl)[N+](=O)[O-])c(OC)c1. The second-order valence-electron chi connectivity index (χ2n) is 13.2. The number of hydrogen-bond acceptors (Lipinski definition) is 11. The molecule has 0 spiro atoms. The number of nitrogens with zero attached hydrogens (tertiary/aromatic N) is 2. The molecule has 13 nitrogen and oxygen atoms in total. The lowest BCUT2D eigenvalue weighted by Crippen LogP contribution is -2.51. The van der Waals surface area contributed by atoms with Gasteiger partial charge in [-0.1, -0.05) is 66.7 Å². The van der Waals surface area contributed by atoms with Crippen molar-refractivity contribution in [1.29, 1.82) is 0 Å². The molecule has 0 radical (unpaired) electrons. The number of rotatable bonds is 11. The van der Waals surface area contributed by atoms with Gasteiger partial charge in [-0.3, -0.25) is 29.8 Å². The number of aryl methyl sites for hydroxylation is 1. The first-order valence-corrected chi connectivity index (χ1v) is 18.5. The Bertz CT molecular complexity index is 2410. The van der Waals surface area contributed by atoms with Crippen molar-refractivity contribution in [1.82, 2.24) is 0 Å². The van der Waals surface area contributed by atoms with Crippen molar-refractivity contribution in [3.8, 4) is 28.7 Å². The zero-order chi connectivity index (χ0) is 41.8. The van der Waals surface area contributed by atoms with Crippen LogP contribution in [0.25, 0.3) is 0 Å². The topological polar surface area (TPSA) is 167 Å². The minimum absolute atomic E-state index is 0.0675. The van der Waals surface area contributed by atoms with E-state index in [0.717, 1.165) is 11.1 Å². The number of methoxy groups -OCH3 is 2.